The summed E-state index contributed by atoms with van der Waals surface area (Å²) >= 11 is 3.47. The monoisotopic (exact) mass is 408 g/mol. The molecule has 0 saturated carbocycles. The number of para-hydroxylation sites is 1. The van der Waals surface area contributed by atoms with Crippen molar-refractivity contribution in [3.05, 3.63) is 70.6 Å². The summed E-state index contributed by atoms with van der Waals surface area (Å²) in [5.41, 5.74) is 5.32. The van der Waals surface area contributed by atoms with E-state index in [4.69, 9.17) is 4.98 Å². The maximum absolute atomic E-state index is 10.4. The quantitative estimate of drug-likeness (QED) is 0.487. The zero-order valence-corrected chi connectivity index (χ0v) is 15.9. The van der Waals surface area contributed by atoms with Crippen LogP contribution in [0.4, 0.5) is 11.5 Å². The molecule has 2 aromatic carbocycles. The van der Waals surface area contributed by atoms with Gasteiger partial charge in [0.05, 0.1) is 6.20 Å². The van der Waals surface area contributed by atoms with E-state index < -0.39 is 0 Å². The molecule has 0 spiro atoms. The SMILES string of the molecule is Cc1cccc(C)c1Nc1c(-c2cc(Br)ccc2O)nc2cnccn12. The molecular formula is C20H17BrN4O. The number of nitrogens with zero attached hydrogens (tertiary/aromatic N) is 3. The van der Waals surface area contributed by atoms with E-state index in [1.807, 2.05) is 22.7 Å². The molecule has 4 rings (SSSR count). The number of benzene rings is 2. The van der Waals surface area contributed by atoms with Crippen LogP contribution >= 0.6 is 15.9 Å². The zero-order chi connectivity index (χ0) is 18.3. The van der Waals surface area contributed by atoms with Crippen molar-refractivity contribution in [2.24, 2.45) is 0 Å². The molecule has 0 radical (unpaired) electrons. The van der Waals surface area contributed by atoms with Crippen molar-refractivity contribution >= 4 is 33.1 Å². The van der Waals surface area contributed by atoms with Gasteiger partial charge in [0.15, 0.2) is 5.65 Å². The Balaban J connectivity index is 1.97. The van der Waals surface area contributed by atoms with E-state index in [1.165, 1.54) is 0 Å². The van der Waals surface area contributed by atoms with E-state index in [-0.39, 0.29) is 5.75 Å². The van der Waals surface area contributed by atoms with Gasteiger partial charge in [-0.25, -0.2) is 4.98 Å². The lowest BCUT2D eigenvalue weighted by Gasteiger charge is -2.14. The lowest BCUT2D eigenvalue weighted by molar-refractivity contribution is 0.477. The number of fused-ring (bicyclic) bond motifs is 1. The van der Waals surface area contributed by atoms with E-state index >= 15 is 0 Å². The summed E-state index contributed by atoms with van der Waals surface area (Å²) in [6, 6.07) is 11.5. The summed E-state index contributed by atoms with van der Waals surface area (Å²) in [7, 11) is 0. The van der Waals surface area contributed by atoms with Crippen molar-refractivity contribution in [1.29, 1.82) is 0 Å². The van der Waals surface area contributed by atoms with Crippen LogP contribution in [0, 0.1) is 13.8 Å². The molecule has 4 aromatic rings. The van der Waals surface area contributed by atoms with Gasteiger partial charge in [0, 0.05) is 28.1 Å². The minimum Gasteiger partial charge on any atom is -0.507 e. The topological polar surface area (TPSA) is 62.5 Å². The Hall–Kier alpha value is -2.86. The molecule has 2 N–H and O–H groups in total. The Labute approximate surface area is 159 Å². The first-order valence-corrected chi connectivity index (χ1v) is 8.98. The number of hydrogen-bond acceptors (Lipinski definition) is 4. The van der Waals surface area contributed by atoms with Crippen molar-refractivity contribution in [2.45, 2.75) is 13.8 Å². The minimum atomic E-state index is 0.175. The first kappa shape index (κ1) is 16.6. The van der Waals surface area contributed by atoms with Gasteiger partial charge in [-0.2, -0.15) is 0 Å². The number of halogens is 1. The first-order valence-electron chi connectivity index (χ1n) is 8.19. The van der Waals surface area contributed by atoms with E-state index in [1.54, 1.807) is 24.5 Å². The molecule has 0 bridgehead atoms. The first-order chi connectivity index (χ1) is 12.5. The van der Waals surface area contributed by atoms with Crippen molar-refractivity contribution in [3.8, 4) is 17.0 Å². The van der Waals surface area contributed by atoms with Gasteiger partial charge < -0.3 is 10.4 Å². The number of imidazole rings is 1. The molecule has 0 unspecified atom stereocenters. The van der Waals surface area contributed by atoms with Crippen LogP contribution in [-0.4, -0.2) is 19.5 Å². The standard InChI is InChI=1S/C20H17BrN4O/c1-12-4-3-5-13(2)18(12)24-20-19(15-10-14(21)6-7-16(15)26)23-17-11-22-8-9-25(17)20/h3-11,24,26H,1-2H3. The molecule has 6 heteroatoms. The van der Waals surface area contributed by atoms with E-state index in [0.29, 0.717) is 16.9 Å². The van der Waals surface area contributed by atoms with Gasteiger partial charge in [-0.05, 0) is 43.2 Å². The Morgan fingerprint density at radius 3 is 2.65 bits per heavy atom. The van der Waals surface area contributed by atoms with Crippen molar-refractivity contribution < 1.29 is 5.11 Å². The van der Waals surface area contributed by atoms with Gasteiger partial charge in [-0.15, -0.1) is 0 Å². The summed E-state index contributed by atoms with van der Waals surface area (Å²) in [5.74, 6) is 0.960. The fraction of sp³-hybridized carbons (Fsp3) is 0.100. The lowest BCUT2D eigenvalue weighted by Crippen LogP contribution is -2.00. The predicted octanol–water partition coefficient (Wildman–Crippen LogP) is 5.22. The molecule has 0 aliphatic rings. The van der Waals surface area contributed by atoms with Gasteiger partial charge in [0.25, 0.3) is 0 Å². The van der Waals surface area contributed by atoms with Crippen molar-refractivity contribution in [2.75, 3.05) is 5.32 Å². The zero-order valence-electron chi connectivity index (χ0n) is 14.4. The number of aromatic hydroxyl groups is 1. The molecule has 0 saturated heterocycles. The van der Waals surface area contributed by atoms with Crippen LogP contribution in [0.3, 0.4) is 0 Å². The second kappa shape index (κ2) is 6.46. The maximum Gasteiger partial charge on any atom is 0.157 e. The molecule has 0 aliphatic carbocycles. The summed E-state index contributed by atoms with van der Waals surface area (Å²) < 4.78 is 2.81. The second-order valence-electron chi connectivity index (χ2n) is 6.17. The number of nitrogens with one attached hydrogen (secondary N) is 1. The van der Waals surface area contributed by atoms with Crippen LogP contribution in [0.1, 0.15) is 11.1 Å². The lowest BCUT2D eigenvalue weighted by atomic mass is 10.1. The smallest absolute Gasteiger partial charge is 0.157 e. The summed E-state index contributed by atoms with van der Waals surface area (Å²) in [5, 5.41) is 13.9. The molecule has 26 heavy (non-hydrogen) atoms. The predicted molar refractivity (Wildman–Crippen MR) is 107 cm³/mol. The highest BCUT2D eigenvalue weighted by Crippen LogP contribution is 2.38. The molecular weight excluding hydrogens is 392 g/mol. The van der Waals surface area contributed by atoms with Crippen molar-refractivity contribution in [3.63, 3.8) is 0 Å². The number of hydrogen-bond donors (Lipinski definition) is 2. The van der Waals surface area contributed by atoms with E-state index in [2.05, 4.69) is 52.2 Å². The van der Waals surface area contributed by atoms with E-state index in [9.17, 15) is 5.11 Å². The third kappa shape index (κ3) is 2.82. The average Bonchev–Trinajstić information content (AvgIpc) is 2.99. The van der Waals surface area contributed by atoms with Crippen LogP contribution in [0.2, 0.25) is 0 Å². The largest absolute Gasteiger partial charge is 0.507 e. The number of phenols is 1. The number of aromatic nitrogens is 3. The van der Waals surface area contributed by atoms with Gasteiger partial charge in [-0.3, -0.25) is 9.38 Å². The third-order valence-electron chi connectivity index (χ3n) is 4.37. The minimum absolute atomic E-state index is 0.175. The fourth-order valence-corrected chi connectivity index (χ4v) is 3.40. The van der Waals surface area contributed by atoms with Gasteiger partial charge in [-0.1, -0.05) is 34.1 Å². The van der Waals surface area contributed by atoms with Crippen LogP contribution in [-0.2, 0) is 0 Å². The van der Waals surface area contributed by atoms with Crippen LogP contribution in [0.5, 0.6) is 5.75 Å². The Morgan fingerprint density at radius 1 is 1.12 bits per heavy atom. The molecule has 5 nitrogen and oxygen atoms in total. The van der Waals surface area contributed by atoms with Crippen molar-refractivity contribution in [1.82, 2.24) is 14.4 Å². The molecule has 0 fully saturated rings. The maximum atomic E-state index is 10.4. The molecule has 130 valence electrons. The third-order valence-corrected chi connectivity index (χ3v) is 4.86. The Kier molecular flexibility index (Phi) is 4.12. The summed E-state index contributed by atoms with van der Waals surface area (Å²) in [4.78, 5) is 8.86. The molecule has 0 amide bonds. The molecule has 0 atom stereocenters. The highest BCUT2D eigenvalue weighted by molar-refractivity contribution is 9.10. The number of rotatable bonds is 3. The highest BCUT2D eigenvalue weighted by atomic mass is 79.9. The fourth-order valence-electron chi connectivity index (χ4n) is 3.04. The van der Waals surface area contributed by atoms with Gasteiger partial charge in [0.1, 0.15) is 17.3 Å². The number of aryl methyl sites for hydroxylation is 2. The van der Waals surface area contributed by atoms with Crippen LogP contribution < -0.4 is 5.32 Å². The van der Waals surface area contributed by atoms with E-state index in [0.717, 1.165) is 27.1 Å². The summed E-state index contributed by atoms with van der Waals surface area (Å²) in [6.07, 6.45) is 5.28. The van der Waals surface area contributed by atoms with Crippen LogP contribution in [0.15, 0.2) is 59.5 Å². The molecule has 0 aliphatic heterocycles. The van der Waals surface area contributed by atoms with Crippen LogP contribution in [0.25, 0.3) is 16.9 Å². The summed E-state index contributed by atoms with van der Waals surface area (Å²) in [6.45, 7) is 4.13. The highest BCUT2D eigenvalue weighted by Gasteiger charge is 2.18. The normalized spacial score (nSPS) is 11.0. The Bertz CT molecular complexity index is 1100. The van der Waals surface area contributed by atoms with Gasteiger partial charge in [0.2, 0.25) is 0 Å². The average molecular weight is 409 g/mol. The second-order valence-corrected chi connectivity index (χ2v) is 7.08. The number of phenolic OH excluding ortho intramolecular Hbond substituents is 1. The molecule has 2 heterocycles. The number of anilines is 2. The molecule has 2 aromatic heterocycles. The van der Waals surface area contributed by atoms with Gasteiger partial charge >= 0.3 is 0 Å². The Morgan fingerprint density at radius 2 is 1.88 bits per heavy atom.